The van der Waals surface area contributed by atoms with Gasteiger partial charge in [-0.15, -0.1) is 0 Å². The molecule has 0 fully saturated rings. The topological polar surface area (TPSA) is 69.4 Å². The van der Waals surface area contributed by atoms with E-state index in [0.717, 1.165) is 32.3 Å². The minimum Gasteiger partial charge on any atom is -0.488 e. The number of halogens is 2. The molecule has 0 atom stereocenters. The number of pyridine rings is 1. The lowest BCUT2D eigenvalue weighted by atomic mass is 10.0. The Kier molecular flexibility index (Phi) is 12.3. The highest BCUT2D eigenvalue weighted by Gasteiger charge is 2.14. The number of benzene rings is 3. The van der Waals surface area contributed by atoms with Crippen LogP contribution in [0.25, 0.3) is 11.1 Å². The first-order chi connectivity index (χ1) is 18.2. The van der Waals surface area contributed by atoms with Gasteiger partial charge in [0, 0.05) is 59.3 Å². The fourth-order valence-corrected chi connectivity index (χ4v) is 4.46. The van der Waals surface area contributed by atoms with E-state index in [4.69, 9.17) is 26.8 Å². The summed E-state index contributed by atoms with van der Waals surface area (Å²) in [5.74, 6) is 1.27. The van der Waals surface area contributed by atoms with E-state index in [1.807, 2.05) is 54.6 Å². The number of nitrogens with two attached hydrogens (primary N) is 1. The standard InChI is InChI=1S/C28H27BrClN3O2.CH4S/c29-28-22(9-4-10-24(28)21-7-2-1-3-8-21)19-35-27-15-26(34-18-20-6-5-12-32-16-20)23(14-25(27)30)17-33-13-11-31;1-2/h1-10,12,14-16,33H,11,13,17-19,31H2;2H,1H3. The van der Waals surface area contributed by atoms with Crippen molar-refractivity contribution in [2.75, 3.05) is 19.3 Å². The molecular formula is C29H31BrClN3O2S. The Hall–Kier alpha value is -2.55. The Morgan fingerprint density at radius 3 is 2.43 bits per heavy atom. The van der Waals surface area contributed by atoms with E-state index in [0.29, 0.717) is 49.4 Å². The smallest absolute Gasteiger partial charge is 0.142 e. The fraction of sp³-hybridized carbons (Fsp3) is 0.207. The summed E-state index contributed by atoms with van der Waals surface area (Å²) < 4.78 is 13.3. The maximum Gasteiger partial charge on any atom is 0.142 e. The van der Waals surface area contributed by atoms with Crippen LogP contribution in [0.5, 0.6) is 11.5 Å². The van der Waals surface area contributed by atoms with Gasteiger partial charge in [0.2, 0.25) is 0 Å². The van der Waals surface area contributed by atoms with Gasteiger partial charge in [0.05, 0.1) is 5.02 Å². The molecule has 4 rings (SSSR count). The Bertz CT molecular complexity index is 1250. The van der Waals surface area contributed by atoms with Crippen molar-refractivity contribution < 1.29 is 9.47 Å². The molecule has 4 aromatic rings. The maximum atomic E-state index is 6.61. The molecule has 8 heteroatoms. The van der Waals surface area contributed by atoms with Crippen LogP contribution in [0.2, 0.25) is 5.02 Å². The quantitative estimate of drug-likeness (QED) is 0.129. The molecule has 1 aromatic heterocycles. The second kappa shape index (κ2) is 15.6. The number of nitrogens with one attached hydrogen (secondary N) is 1. The Morgan fingerprint density at radius 2 is 1.70 bits per heavy atom. The molecule has 0 spiro atoms. The molecule has 1 heterocycles. The van der Waals surface area contributed by atoms with Gasteiger partial charge in [0.25, 0.3) is 0 Å². The number of ether oxygens (including phenoxy) is 2. The lowest BCUT2D eigenvalue weighted by Gasteiger charge is -2.17. The number of hydrogen-bond acceptors (Lipinski definition) is 6. The highest BCUT2D eigenvalue weighted by molar-refractivity contribution is 9.10. The Morgan fingerprint density at radius 1 is 0.919 bits per heavy atom. The van der Waals surface area contributed by atoms with Crippen LogP contribution < -0.4 is 20.5 Å². The van der Waals surface area contributed by atoms with E-state index in [9.17, 15) is 0 Å². The van der Waals surface area contributed by atoms with Crippen molar-refractivity contribution in [3.05, 3.63) is 111 Å². The van der Waals surface area contributed by atoms with Crippen LogP contribution in [0.1, 0.15) is 16.7 Å². The highest BCUT2D eigenvalue weighted by Crippen LogP contribution is 2.36. The van der Waals surface area contributed by atoms with Crippen molar-refractivity contribution in [2.45, 2.75) is 19.8 Å². The first-order valence-corrected chi connectivity index (χ1v) is 13.9. The van der Waals surface area contributed by atoms with Crippen LogP contribution in [0, 0.1) is 0 Å². The second-order valence-electron chi connectivity index (χ2n) is 7.94. The minimum atomic E-state index is 0.355. The number of thiol groups is 1. The zero-order valence-corrected chi connectivity index (χ0v) is 23.9. The number of hydrogen-bond donors (Lipinski definition) is 3. The summed E-state index contributed by atoms with van der Waals surface area (Å²) in [4.78, 5) is 4.16. The fourth-order valence-electron chi connectivity index (χ4n) is 3.62. The van der Waals surface area contributed by atoms with Crippen LogP contribution in [0.3, 0.4) is 0 Å². The summed E-state index contributed by atoms with van der Waals surface area (Å²) >= 11 is 13.9. The zero-order chi connectivity index (χ0) is 26.5. The van der Waals surface area contributed by atoms with Gasteiger partial charge in [-0.05, 0) is 45.4 Å². The summed E-state index contributed by atoms with van der Waals surface area (Å²) in [6.45, 7) is 2.59. The molecule has 194 valence electrons. The number of nitrogens with zero attached hydrogens (tertiary/aromatic N) is 1. The van der Waals surface area contributed by atoms with E-state index in [1.54, 1.807) is 18.6 Å². The van der Waals surface area contributed by atoms with Crippen LogP contribution in [-0.4, -0.2) is 24.3 Å². The van der Waals surface area contributed by atoms with Gasteiger partial charge in [0.15, 0.2) is 0 Å². The molecule has 0 bridgehead atoms. The van der Waals surface area contributed by atoms with Crippen LogP contribution >= 0.6 is 40.2 Å². The van der Waals surface area contributed by atoms with Gasteiger partial charge >= 0.3 is 0 Å². The molecule has 0 saturated carbocycles. The predicted molar refractivity (Wildman–Crippen MR) is 160 cm³/mol. The van der Waals surface area contributed by atoms with Crippen molar-refractivity contribution in [2.24, 2.45) is 5.73 Å². The van der Waals surface area contributed by atoms with Crippen LogP contribution in [0.15, 0.2) is 89.7 Å². The normalized spacial score (nSPS) is 10.4. The van der Waals surface area contributed by atoms with E-state index in [1.165, 1.54) is 0 Å². The summed E-state index contributed by atoms with van der Waals surface area (Å²) in [5.41, 5.74) is 10.8. The lowest BCUT2D eigenvalue weighted by Crippen LogP contribution is -2.22. The Labute approximate surface area is 237 Å². The van der Waals surface area contributed by atoms with Crippen molar-refractivity contribution in [1.82, 2.24) is 10.3 Å². The molecule has 0 aliphatic carbocycles. The first kappa shape index (κ1) is 29.0. The third kappa shape index (κ3) is 8.48. The maximum absolute atomic E-state index is 6.61. The van der Waals surface area contributed by atoms with Crippen molar-refractivity contribution in [1.29, 1.82) is 0 Å². The van der Waals surface area contributed by atoms with Crippen molar-refractivity contribution >= 4 is 40.2 Å². The van der Waals surface area contributed by atoms with Gasteiger partial charge in [-0.3, -0.25) is 4.98 Å². The minimum absolute atomic E-state index is 0.355. The molecule has 0 unspecified atom stereocenters. The highest BCUT2D eigenvalue weighted by atomic mass is 79.9. The molecule has 3 aromatic carbocycles. The van der Waals surface area contributed by atoms with Gasteiger partial charge < -0.3 is 20.5 Å². The number of aromatic nitrogens is 1. The molecule has 0 radical (unpaired) electrons. The molecule has 0 aliphatic rings. The van der Waals surface area contributed by atoms with Crippen molar-refractivity contribution in [3.63, 3.8) is 0 Å². The average Bonchev–Trinajstić information content (AvgIpc) is 2.95. The zero-order valence-electron chi connectivity index (χ0n) is 20.7. The van der Waals surface area contributed by atoms with Crippen LogP contribution in [-0.2, 0) is 19.8 Å². The van der Waals surface area contributed by atoms with E-state index >= 15 is 0 Å². The second-order valence-corrected chi connectivity index (χ2v) is 9.14. The molecule has 37 heavy (non-hydrogen) atoms. The van der Waals surface area contributed by atoms with Gasteiger partial charge in [-0.25, -0.2) is 0 Å². The van der Waals surface area contributed by atoms with Gasteiger partial charge in [-0.2, -0.15) is 12.6 Å². The third-order valence-electron chi connectivity index (χ3n) is 5.42. The summed E-state index contributed by atoms with van der Waals surface area (Å²) in [6.07, 6.45) is 5.22. The van der Waals surface area contributed by atoms with Gasteiger partial charge in [0.1, 0.15) is 24.7 Å². The van der Waals surface area contributed by atoms with Crippen LogP contribution in [0.4, 0.5) is 0 Å². The van der Waals surface area contributed by atoms with E-state index in [-0.39, 0.29) is 0 Å². The molecule has 0 saturated heterocycles. The van der Waals surface area contributed by atoms with Gasteiger partial charge in [-0.1, -0.05) is 66.2 Å². The Balaban J connectivity index is 0.00000186. The molecule has 5 nitrogen and oxygen atoms in total. The SMILES string of the molecule is CS.NCCNCc1cc(Cl)c(OCc2cccc(-c3ccccc3)c2Br)cc1OCc1cccnc1. The summed E-state index contributed by atoms with van der Waals surface area (Å²) in [7, 11) is 0. The van der Waals surface area contributed by atoms with Crippen molar-refractivity contribution in [3.8, 4) is 22.6 Å². The predicted octanol–water partition coefficient (Wildman–Crippen LogP) is 6.92. The molecular weight excluding hydrogens is 570 g/mol. The van der Waals surface area contributed by atoms with E-state index < -0.39 is 0 Å². The monoisotopic (exact) mass is 599 g/mol. The molecule has 3 N–H and O–H groups in total. The lowest BCUT2D eigenvalue weighted by molar-refractivity contribution is 0.287. The largest absolute Gasteiger partial charge is 0.488 e. The average molecular weight is 601 g/mol. The summed E-state index contributed by atoms with van der Waals surface area (Å²) in [6, 6.07) is 24.0. The molecule has 0 aliphatic heterocycles. The summed E-state index contributed by atoms with van der Waals surface area (Å²) in [5, 5.41) is 3.83. The number of rotatable bonds is 11. The molecule has 0 amide bonds. The first-order valence-electron chi connectivity index (χ1n) is 11.8. The third-order valence-corrected chi connectivity index (χ3v) is 6.65. The van der Waals surface area contributed by atoms with E-state index in [2.05, 4.69) is 57.1 Å².